The second-order valence-electron chi connectivity index (χ2n) is 7.26. The molecule has 4 rings (SSSR count). The number of thiophene rings is 1. The summed E-state index contributed by atoms with van der Waals surface area (Å²) in [6, 6.07) is 13.8. The van der Waals surface area contributed by atoms with E-state index in [0.29, 0.717) is 44.8 Å². The first-order valence-electron chi connectivity index (χ1n) is 10.8. The Bertz CT molecular complexity index is 1320. The Kier molecular flexibility index (Phi) is 7.74. The Hall–Kier alpha value is -3.76. The van der Waals surface area contributed by atoms with E-state index < -0.39 is 5.97 Å². The second kappa shape index (κ2) is 11.1. The number of hydrogen-bond acceptors (Lipinski definition) is 8. The van der Waals surface area contributed by atoms with Crippen molar-refractivity contribution in [2.75, 3.05) is 11.9 Å². The highest BCUT2D eigenvalue weighted by Gasteiger charge is 2.23. The fourth-order valence-electron chi connectivity index (χ4n) is 3.30. The Morgan fingerprint density at radius 3 is 2.51 bits per heavy atom. The molecule has 2 aromatic carbocycles. The third-order valence-corrected chi connectivity index (χ3v) is 6.19. The van der Waals surface area contributed by atoms with Gasteiger partial charge in [0, 0.05) is 28.1 Å². The smallest absolute Gasteiger partial charge is 0.341 e. The van der Waals surface area contributed by atoms with Gasteiger partial charge in [-0.3, -0.25) is 4.79 Å². The van der Waals surface area contributed by atoms with Crippen LogP contribution in [0.15, 0.2) is 53.9 Å². The van der Waals surface area contributed by atoms with Gasteiger partial charge in [0.25, 0.3) is 5.91 Å². The van der Waals surface area contributed by atoms with Crippen molar-refractivity contribution >= 4 is 39.8 Å². The van der Waals surface area contributed by atoms with Crippen LogP contribution >= 0.6 is 22.9 Å². The van der Waals surface area contributed by atoms with Gasteiger partial charge in [-0.1, -0.05) is 23.7 Å². The molecule has 2 heterocycles. The van der Waals surface area contributed by atoms with Crippen LogP contribution in [0.25, 0.3) is 11.1 Å². The number of esters is 1. The number of anilines is 1. The zero-order chi connectivity index (χ0) is 24.8. The van der Waals surface area contributed by atoms with E-state index in [1.165, 1.54) is 11.3 Å². The van der Waals surface area contributed by atoms with E-state index in [0.717, 1.165) is 5.56 Å². The lowest BCUT2D eigenvalue weighted by Gasteiger charge is -2.10. The maximum absolute atomic E-state index is 12.9. The average molecular weight is 512 g/mol. The number of tetrazole rings is 1. The number of nitrogens with zero attached hydrogens (tertiary/aromatic N) is 4. The molecule has 0 aliphatic heterocycles. The first-order chi connectivity index (χ1) is 17.0. The molecule has 2 aromatic heterocycles. The lowest BCUT2D eigenvalue weighted by molar-refractivity contribution is 0.0529. The van der Waals surface area contributed by atoms with Gasteiger partial charge >= 0.3 is 5.97 Å². The molecule has 1 amide bonds. The molecule has 0 radical (unpaired) electrons. The minimum Gasteiger partial charge on any atom is -0.486 e. The molecule has 0 saturated heterocycles. The maximum Gasteiger partial charge on any atom is 0.341 e. The normalized spacial score (nSPS) is 10.7. The molecular formula is C24H22ClN5O4S. The van der Waals surface area contributed by atoms with Gasteiger partial charge in [0.1, 0.15) is 22.9 Å². The molecule has 0 unspecified atom stereocenters. The molecule has 0 atom stereocenters. The summed E-state index contributed by atoms with van der Waals surface area (Å²) in [5.74, 6) is 0.310. The van der Waals surface area contributed by atoms with Crippen LogP contribution in [0.5, 0.6) is 5.75 Å². The summed E-state index contributed by atoms with van der Waals surface area (Å²) >= 11 is 7.25. The molecule has 9 nitrogen and oxygen atoms in total. The van der Waals surface area contributed by atoms with Crippen molar-refractivity contribution in [2.24, 2.45) is 0 Å². The number of halogens is 1. The van der Waals surface area contributed by atoms with E-state index in [1.54, 1.807) is 48.0 Å². The van der Waals surface area contributed by atoms with E-state index in [4.69, 9.17) is 21.1 Å². The molecule has 0 spiro atoms. The first-order valence-corrected chi connectivity index (χ1v) is 12.1. The molecule has 4 aromatic rings. The maximum atomic E-state index is 12.9. The zero-order valence-electron chi connectivity index (χ0n) is 19.0. The molecule has 0 aliphatic carbocycles. The van der Waals surface area contributed by atoms with Gasteiger partial charge in [0.2, 0.25) is 0 Å². The second-order valence-corrected chi connectivity index (χ2v) is 8.58. The van der Waals surface area contributed by atoms with Crippen LogP contribution < -0.4 is 10.1 Å². The third kappa shape index (κ3) is 5.67. The van der Waals surface area contributed by atoms with Crippen molar-refractivity contribution in [2.45, 2.75) is 27.0 Å². The van der Waals surface area contributed by atoms with Crippen LogP contribution in [0.2, 0.25) is 5.02 Å². The monoisotopic (exact) mass is 511 g/mol. The highest BCUT2D eigenvalue weighted by atomic mass is 35.5. The molecule has 0 bridgehead atoms. The summed E-state index contributed by atoms with van der Waals surface area (Å²) in [6.45, 7) is 4.73. The average Bonchev–Trinajstić information content (AvgIpc) is 3.50. The van der Waals surface area contributed by atoms with Crippen LogP contribution in [-0.4, -0.2) is 38.7 Å². The van der Waals surface area contributed by atoms with Crippen molar-refractivity contribution in [3.63, 3.8) is 0 Å². The fourth-order valence-corrected chi connectivity index (χ4v) is 4.37. The molecule has 0 saturated carbocycles. The topological polar surface area (TPSA) is 108 Å². The highest BCUT2D eigenvalue weighted by Crippen LogP contribution is 2.37. The number of rotatable bonds is 9. The number of amides is 1. The van der Waals surface area contributed by atoms with E-state index in [9.17, 15) is 9.59 Å². The van der Waals surface area contributed by atoms with Crippen LogP contribution in [0.1, 0.15) is 40.4 Å². The zero-order valence-corrected chi connectivity index (χ0v) is 20.6. The SMILES string of the molecule is CCOC(=O)c1c(-c2ccc(Cl)cc2)csc1NC(=O)c1ccc(OCc2nnnn2CC)cc1. The third-order valence-electron chi connectivity index (χ3n) is 5.04. The minimum absolute atomic E-state index is 0.206. The van der Waals surface area contributed by atoms with Crippen molar-refractivity contribution in [3.8, 4) is 16.9 Å². The van der Waals surface area contributed by atoms with Crippen molar-refractivity contribution < 1.29 is 19.1 Å². The summed E-state index contributed by atoms with van der Waals surface area (Å²) in [5.41, 5.74) is 2.18. The van der Waals surface area contributed by atoms with E-state index in [1.807, 2.05) is 24.4 Å². The molecule has 0 aliphatic rings. The number of carbonyl (C=O) groups is 2. The summed E-state index contributed by atoms with van der Waals surface area (Å²) in [4.78, 5) is 25.7. The Balaban J connectivity index is 1.50. The largest absolute Gasteiger partial charge is 0.486 e. The lowest BCUT2D eigenvalue weighted by atomic mass is 10.0. The quantitative estimate of drug-likeness (QED) is 0.312. The van der Waals surface area contributed by atoms with Gasteiger partial charge in [-0.15, -0.1) is 16.4 Å². The van der Waals surface area contributed by atoms with Crippen LogP contribution in [0.3, 0.4) is 0 Å². The number of hydrogen-bond donors (Lipinski definition) is 1. The molecule has 1 N–H and O–H groups in total. The summed E-state index contributed by atoms with van der Waals surface area (Å²) in [7, 11) is 0. The molecule has 0 fully saturated rings. The van der Waals surface area contributed by atoms with Gasteiger partial charge in [-0.2, -0.15) is 0 Å². The summed E-state index contributed by atoms with van der Waals surface area (Å²) in [5, 5.41) is 17.1. The number of nitrogens with one attached hydrogen (secondary N) is 1. The van der Waals surface area contributed by atoms with Gasteiger partial charge in [0.15, 0.2) is 5.82 Å². The first kappa shape index (κ1) is 24.4. The molecular weight excluding hydrogens is 490 g/mol. The Morgan fingerprint density at radius 2 is 1.83 bits per heavy atom. The van der Waals surface area contributed by atoms with E-state index in [-0.39, 0.29) is 19.1 Å². The summed E-state index contributed by atoms with van der Waals surface area (Å²) < 4.78 is 12.6. The van der Waals surface area contributed by atoms with Crippen molar-refractivity contribution in [1.29, 1.82) is 0 Å². The van der Waals surface area contributed by atoms with Crippen LogP contribution in [0, 0.1) is 0 Å². The predicted molar refractivity (Wildman–Crippen MR) is 133 cm³/mol. The number of aromatic nitrogens is 4. The molecule has 35 heavy (non-hydrogen) atoms. The fraction of sp³-hybridized carbons (Fsp3) is 0.208. The summed E-state index contributed by atoms with van der Waals surface area (Å²) in [6.07, 6.45) is 0. The van der Waals surface area contributed by atoms with Gasteiger partial charge in [-0.25, -0.2) is 9.48 Å². The standard InChI is InChI=1S/C24H22ClN5O4S/c1-3-30-20(27-28-29-30)13-34-18-11-7-16(8-12-18)22(31)26-23-21(24(32)33-4-2)19(14-35-23)15-5-9-17(25)10-6-15/h5-12,14H,3-4,13H2,1-2H3,(H,26,31). The van der Waals surface area contributed by atoms with E-state index >= 15 is 0 Å². The number of benzene rings is 2. The Labute approximate surface area is 210 Å². The highest BCUT2D eigenvalue weighted by molar-refractivity contribution is 7.15. The van der Waals surface area contributed by atoms with Gasteiger partial charge in [-0.05, 0) is 66.2 Å². The van der Waals surface area contributed by atoms with Gasteiger partial charge in [0.05, 0.1) is 6.61 Å². The minimum atomic E-state index is -0.507. The number of carbonyl (C=O) groups excluding carboxylic acids is 2. The van der Waals surface area contributed by atoms with Gasteiger partial charge < -0.3 is 14.8 Å². The van der Waals surface area contributed by atoms with Crippen molar-refractivity contribution in [1.82, 2.24) is 20.2 Å². The molecule has 11 heteroatoms. The van der Waals surface area contributed by atoms with E-state index in [2.05, 4.69) is 20.8 Å². The Morgan fingerprint density at radius 1 is 1.09 bits per heavy atom. The number of aryl methyl sites for hydroxylation is 1. The molecule has 180 valence electrons. The van der Waals surface area contributed by atoms with Crippen molar-refractivity contribution in [3.05, 3.63) is 75.9 Å². The predicted octanol–water partition coefficient (Wildman–Crippen LogP) is 5.08. The number of ether oxygens (including phenoxy) is 2. The van der Waals surface area contributed by atoms with Crippen LogP contribution in [0.4, 0.5) is 5.00 Å². The van der Waals surface area contributed by atoms with Crippen LogP contribution in [-0.2, 0) is 17.9 Å². The lowest BCUT2D eigenvalue weighted by Crippen LogP contribution is -2.14.